The lowest BCUT2D eigenvalue weighted by Crippen LogP contribution is -2.51. The number of amides is 1. The molecule has 1 atom stereocenters. The molecule has 30 heavy (non-hydrogen) atoms. The highest BCUT2D eigenvalue weighted by Crippen LogP contribution is 2.59. The van der Waals surface area contributed by atoms with E-state index in [1.54, 1.807) is 0 Å². The van der Waals surface area contributed by atoms with Crippen LogP contribution in [0.4, 0.5) is 4.39 Å². The van der Waals surface area contributed by atoms with Crippen LogP contribution >= 0.6 is 0 Å². The Morgan fingerprint density at radius 2 is 1.90 bits per heavy atom. The minimum absolute atomic E-state index is 0.00899. The Morgan fingerprint density at radius 1 is 1.17 bits per heavy atom. The Hall–Kier alpha value is -1.95. The smallest absolute Gasteiger partial charge is 0.268 e. The Kier molecular flexibility index (Phi) is 4.41. The minimum Gasteiger partial charge on any atom is -0.350 e. The zero-order valence-corrected chi connectivity index (χ0v) is 17.5. The summed E-state index contributed by atoms with van der Waals surface area (Å²) in [5.41, 5.74) is 2.64. The van der Waals surface area contributed by atoms with Crippen molar-refractivity contribution in [3.63, 3.8) is 0 Å². The number of hydrogen-bond acceptors (Lipinski definition) is 3. The van der Waals surface area contributed by atoms with Crippen LogP contribution in [0.15, 0.2) is 24.4 Å². The summed E-state index contributed by atoms with van der Waals surface area (Å²) >= 11 is 0. The van der Waals surface area contributed by atoms with Gasteiger partial charge in [-0.25, -0.2) is 9.37 Å². The largest absolute Gasteiger partial charge is 0.350 e. The quantitative estimate of drug-likeness (QED) is 0.815. The van der Waals surface area contributed by atoms with Gasteiger partial charge in [-0.05, 0) is 80.2 Å². The van der Waals surface area contributed by atoms with Crippen LogP contribution in [-0.4, -0.2) is 46.0 Å². The number of likely N-dealkylation sites (tertiary alicyclic amines) is 1. The number of nitrogens with zero attached hydrogens (tertiary/aromatic N) is 3. The van der Waals surface area contributed by atoms with Crippen molar-refractivity contribution in [3.8, 4) is 0 Å². The van der Waals surface area contributed by atoms with Crippen LogP contribution in [0.25, 0.3) is 5.65 Å². The first kappa shape index (κ1) is 18.8. The van der Waals surface area contributed by atoms with E-state index < -0.39 is 6.17 Å². The summed E-state index contributed by atoms with van der Waals surface area (Å²) in [5, 5.41) is 3.29. The standard InChI is InChI=1S/C24H31FN4O/c25-19-4-5-28(12-19)13-20-14-29-21(2-1-3-22(29)27-20)23(30)26-15-24-9-16-6-17(10-24)8-18(7-16)11-24/h1-3,14,16-19H,4-13,15H2,(H,26,30). The highest BCUT2D eigenvalue weighted by Gasteiger charge is 2.50. The number of alkyl halides is 1. The van der Waals surface area contributed by atoms with Crippen LogP contribution in [0.2, 0.25) is 0 Å². The van der Waals surface area contributed by atoms with E-state index in [0.717, 1.165) is 42.2 Å². The number of hydrogen-bond donors (Lipinski definition) is 1. The molecule has 1 aliphatic heterocycles. The number of fused-ring (bicyclic) bond motifs is 1. The predicted octanol–water partition coefficient (Wildman–Crippen LogP) is 3.82. The number of rotatable bonds is 5. The fourth-order valence-corrected chi connectivity index (χ4v) is 7.35. The molecule has 1 N–H and O–H groups in total. The molecule has 1 unspecified atom stereocenters. The van der Waals surface area contributed by atoms with Gasteiger partial charge in [0, 0.05) is 32.4 Å². The Bertz CT molecular complexity index is 934. The van der Waals surface area contributed by atoms with E-state index in [0.29, 0.717) is 30.6 Å². The van der Waals surface area contributed by atoms with Crippen LogP contribution in [0.1, 0.15) is 61.1 Å². The zero-order valence-electron chi connectivity index (χ0n) is 17.5. The van der Waals surface area contributed by atoms with E-state index in [1.165, 1.54) is 38.5 Å². The number of nitrogens with one attached hydrogen (secondary N) is 1. The molecule has 5 nitrogen and oxygen atoms in total. The third kappa shape index (κ3) is 3.33. The van der Waals surface area contributed by atoms with Crippen molar-refractivity contribution in [1.82, 2.24) is 19.6 Å². The van der Waals surface area contributed by atoms with Gasteiger partial charge in [0.1, 0.15) is 17.5 Å². The number of halogens is 1. The van der Waals surface area contributed by atoms with Crippen molar-refractivity contribution in [2.45, 2.75) is 57.7 Å². The maximum atomic E-state index is 13.5. The average molecular weight is 411 g/mol. The van der Waals surface area contributed by atoms with Crippen LogP contribution in [0.5, 0.6) is 0 Å². The summed E-state index contributed by atoms with van der Waals surface area (Å²) in [6.45, 7) is 2.69. The molecule has 2 aromatic heterocycles. The van der Waals surface area contributed by atoms with Crippen molar-refractivity contribution in [3.05, 3.63) is 35.8 Å². The first-order valence-corrected chi connectivity index (χ1v) is 11.7. The fraction of sp³-hybridized carbons (Fsp3) is 0.667. The van der Waals surface area contributed by atoms with E-state index >= 15 is 0 Å². The molecule has 7 rings (SSSR count). The minimum atomic E-state index is -0.729. The molecule has 0 spiro atoms. The van der Waals surface area contributed by atoms with Gasteiger partial charge in [-0.2, -0.15) is 0 Å². The van der Waals surface area contributed by atoms with Crippen LogP contribution < -0.4 is 5.32 Å². The molecule has 0 radical (unpaired) electrons. The lowest BCUT2D eigenvalue weighted by molar-refractivity contribution is -0.0503. The lowest BCUT2D eigenvalue weighted by atomic mass is 9.49. The molecule has 0 aromatic carbocycles. The molecule has 4 aliphatic carbocycles. The Morgan fingerprint density at radius 3 is 2.57 bits per heavy atom. The van der Waals surface area contributed by atoms with E-state index in [-0.39, 0.29) is 5.91 Å². The van der Waals surface area contributed by atoms with E-state index in [9.17, 15) is 9.18 Å². The third-order valence-corrected chi connectivity index (χ3v) is 8.16. The van der Waals surface area contributed by atoms with Gasteiger partial charge >= 0.3 is 0 Å². The van der Waals surface area contributed by atoms with Gasteiger partial charge in [0.05, 0.1) is 5.69 Å². The van der Waals surface area contributed by atoms with Gasteiger partial charge in [0.2, 0.25) is 0 Å². The second-order valence-corrected chi connectivity index (χ2v) is 10.6. The maximum Gasteiger partial charge on any atom is 0.268 e. The molecule has 4 saturated carbocycles. The Balaban J connectivity index is 1.17. The highest BCUT2D eigenvalue weighted by atomic mass is 19.1. The summed E-state index contributed by atoms with van der Waals surface area (Å²) in [5.74, 6) is 2.66. The number of pyridine rings is 1. The molecular weight excluding hydrogens is 379 g/mol. The molecule has 160 valence electrons. The van der Waals surface area contributed by atoms with Gasteiger partial charge in [-0.3, -0.25) is 14.1 Å². The average Bonchev–Trinajstić information content (AvgIpc) is 3.30. The number of carbonyl (C=O) groups is 1. The summed E-state index contributed by atoms with van der Waals surface area (Å²) < 4.78 is 15.4. The molecule has 4 bridgehead atoms. The second kappa shape index (κ2) is 7.04. The van der Waals surface area contributed by atoms with Crippen molar-refractivity contribution < 1.29 is 9.18 Å². The molecule has 1 amide bonds. The number of aromatic nitrogens is 2. The third-order valence-electron chi connectivity index (χ3n) is 8.16. The zero-order chi connectivity index (χ0) is 20.3. The molecule has 2 aromatic rings. The van der Waals surface area contributed by atoms with Crippen LogP contribution in [-0.2, 0) is 6.54 Å². The second-order valence-electron chi connectivity index (χ2n) is 10.6. The number of imidazole rings is 1. The van der Waals surface area contributed by atoms with Gasteiger partial charge in [0.15, 0.2) is 0 Å². The number of carbonyl (C=O) groups excluding carboxylic acids is 1. The van der Waals surface area contributed by atoms with Gasteiger partial charge in [-0.15, -0.1) is 0 Å². The fourth-order valence-electron chi connectivity index (χ4n) is 7.35. The predicted molar refractivity (Wildman–Crippen MR) is 113 cm³/mol. The summed E-state index contributed by atoms with van der Waals surface area (Å²) in [6.07, 6.45) is 9.97. The molecule has 3 heterocycles. The molecular formula is C24H31FN4O. The topological polar surface area (TPSA) is 49.6 Å². The van der Waals surface area contributed by atoms with Gasteiger partial charge in [0.25, 0.3) is 5.91 Å². The van der Waals surface area contributed by atoms with Crippen molar-refractivity contribution in [1.29, 1.82) is 0 Å². The van der Waals surface area contributed by atoms with E-state index in [4.69, 9.17) is 0 Å². The normalized spacial score (nSPS) is 35.4. The SMILES string of the molecule is O=C(NCC12CC3CC(CC(C3)C1)C2)c1cccc2nc(CN3CCC(F)C3)cn12. The van der Waals surface area contributed by atoms with Gasteiger partial charge in [-0.1, -0.05) is 6.07 Å². The maximum absolute atomic E-state index is 13.5. The van der Waals surface area contributed by atoms with Crippen molar-refractivity contribution in [2.75, 3.05) is 19.6 Å². The molecule has 1 saturated heterocycles. The molecule has 5 aliphatic rings. The van der Waals surface area contributed by atoms with E-state index in [2.05, 4.69) is 15.2 Å². The first-order chi connectivity index (χ1) is 14.6. The lowest BCUT2D eigenvalue weighted by Gasteiger charge is -2.56. The van der Waals surface area contributed by atoms with Crippen LogP contribution in [0.3, 0.4) is 0 Å². The Labute approximate surface area is 177 Å². The van der Waals surface area contributed by atoms with Crippen molar-refractivity contribution >= 4 is 11.6 Å². The summed E-state index contributed by atoms with van der Waals surface area (Å²) in [4.78, 5) is 19.9. The van der Waals surface area contributed by atoms with Crippen molar-refractivity contribution in [2.24, 2.45) is 23.2 Å². The molecule has 5 fully saturated rings. The monoisotopic (exact) mass is 410 g/mol. The summed E-state index contributed by atoms with van der Waals surface area (Å²) in [6, 6.07) is 5.71. The first-order valence-electron chi connectivity index (χ1n) is 11.7. The summed E-state index contributed by atoms with van der Waals surface area (Å²) in [7, 11) is 0. The van der Waals surface area contributed by atoms with Crippen LogP contribution in [0, 0.1) is 23.2 Å². The molecule has 6 heteroatoms. The van der Waals surface area contributed by atoms with E-state index in [1.807, 2.05) is 28.8 Å². The highest BCUT2D eigenvalue weighted by molar-refractivity contribution is 5.93. The van der Waals surface area contributed by atoms with Gasteiger partial charge < -0.3 is 5.32 Å².